The maximum absolute atomic E-state index is 12.1. The molecule has 1 fully saturated rings. The molecule has 1 aliphatic carbocycles. The van der Waals surface area contributed by atoms with Crippen LogP contribution in [0.3, 0.4) is 0 Å². The second-order valence-corrected chi connectivity index (χ2v) is 8.55. The van der Waals surface area contributed by atoms with E-state index in [1.165, 1.54) is 17.8 Å². The van der Waals surface area contributed by atoms with Gasteiger partial charge < -0.3 is 10.4 Å². The third-order valence-electron chi connectivity index (χ3n) is 3.85. The van der Waals surface area contributed by atoms with E-state index < -0.39 is 16.0 Å². The monoisotopic (exact) mass is 378 g/mol. The molecular formula is C17H18N2O4S2. The quantitative estimate of drug-likeness (QED) is 0.683. The van der Waals surface area contributed by atoms with E-state index in [2.05, 4.69) is 5.32 Å². The molecule has 0 atom stereocenters. The maximum Gasteiger partial charge on any atom is 0.335 e. The molecule has 0 aliphatic heterocycles. The van der Waals surface area contributed by atoms with Crippen LogP contribution in [0, 0.1) is 5.92 Å². The topological polar surface area (TPSA) is 109 Å². The van der Waals surface area contributed by atoms with Gasteiger partial charge in [0.25, 0.3) is 0 Å². The minimum absolute atomic E-state index is 0.111. The van der Waals surface area contributed by atoms with Crippen LogP contribution in [0.15, 0.2) is 57.2 Å². The van der Waals surface area contributed by atoms with Gasteiger partial charge in [-0.1, -0.05) is 30.0 Å². The van der Waals surface area contributed by atoms with Crippen molar-refractivity contribution in [2.24, 2.45) is 11.1 Å². The number of nitrogens with one attached hydrogen (secondary N) is 1. The minimum Gasteiger partial charge on any atom is -0.478 e. The number of rotatable bonds is 7. The fraction of sp³-hybridized carbons (Fsp3) is 0.235. The molecule has 0 unspecified atom stereocenters. The summed E-state index contributed by atoms with van der Waals surface area (Å²) in [7, 11) is -4.08. The first-order valence-electron chi connectivity index (χ1n) is 7.75. The Morgan fingerprint density at radius 1 is 1.24 bits per heavy atom. The fourth-order valence-corrected chi connectivity index (χ4v) is 4.42. The number of nitrogens with two attached hydrogens (primary N) is 1. The number of carboxylic acids is 1. The number of carboxylic acid groups (broad SMARTS) is 1. The van der Waals surface area contributed by atoms with Crippen LogP contribution < -0.4 is 10.5 Å². The lowest BCUT2D eigenvalue weighted by Crippen LogP contribution is -2.16. The van der Waals surface area contributed by atoms with Crippen molar-refractivity contribution in [3.63, 3.8) is 0 Å². The van der Waals surface area contributed by atoms with Gasteiger partial charge in [0.05, 0.1) is 21.0 Å². The Labute approximate surface area is 150 Å². The maximum atomic E-state index is 12.1. The molecule has 2 aromatic rings. The molecule has 0 aromatic heterocycles. The Kier molecular flexibility index (Phi) is 5.03. The summed E-state index contributed by atoms with van der Waals surface area (Å²) in [6, 6.07) is 11.9. The average molecular weight is 378 g/mol. The summed E-state index contributed by atoms with van der Waals surface area (Å²) in [5.41, 5.74) is 0.365. The van der Waals surface area contributed by atoms with Gasteiger partial charge >= 0.3 is 5.97 Å². The van der Waals surface area contributed by atoms with Gasteiger partial charge in [0, 0.05) is 11.4 Å². The van der Waals surface area contributed by atoms with Crippen molar-refractivity contribution >= 4 is 33.4 Å². The van der Waals surface area contributed by atoms with Crippen molar-refractivity contribution in [3.05, 3.63) is 48.0 Å². The Morgan fingerprint density at radius 3 is 2.48 bits per heavy atom. The molecule has 0 amide bonds. The van der Waals surface area contributed by atoms with Crippen molar-refractivity contribution < 1.29 is 18.3 Å². The van der Waals surface area contributed by atoms with E-state index in [4.69, 9.17) is 5.14 Å². The molecule has 25 heavy (non-hydrogen) atoms. The average Bonchev–Trinajstić information content (AvgIpc) is 3.37. The standard InChI is InChI=1S/C17H18N2O4S2/c18-25(22,23)15-9-12(17(20)21)8-14(19-10-11-6-7-11)16(15)24-13-4-2-1-3-5-13/h1-5,8-9,11,19H,6-7,10H2,(H,20,21)(H2,18,22,23). The van der Waals surface area contributed by atoms with Gasteiger partial charge in [-0.3, -0.25) is 0 Å². The molecular weight excluding hydrogens is 360 g/mol. The first-order chi connectivity index (χ1) is 11.8. The van der Waals surface area contributed by atoms with Crippen LogP contribution in [-0.2, 0) is 10.0 Å². The Bertz CT molecular complexity index is 894. The van der Waals surface area contributed by atoms with Crippen molar-refractivity contribution in [1.29, 1.82) is 0 Å². The van der Waals surface area contributed by atoms with E-state index >= 15 is 0 Å². The van der Waals surface area contributed by atoms with Crippen LogP contribution >= 0.6 is 11.8 Å². The summed E-state index contributed by atoms with van der Waals surface area (Å²) < 4.78 is 24.1. The molecule has 0 saturated heterocycles. The number of aromatic carboxylic acids is 1. The molecule has 4 N–H and O–H groups in total. The number of anilines is 1. The van der Waals surface area contributed by atoms with Crippen LogP contribution in [0.5, 0.6) is 0 Å². The summed E-state index contributed by atoms with van der Waals surface area (Å²) >= 11 is 1.25. The number of hydrogen-bond donors (Lipinski definition) is 3. The predicted octanol–water partition coefficient (Wildman–Crippen LogP) is 3.01. The zero-order valence-electron chi connectivity index (χ0n) is 13.3. The molecule has 1 saturated carbocycles. The Balaban J connectivity index is 2.10. The van der Waals surface area contributed by atoms with Gasteiger partial charge in [-0.2, -0.15) is 0 Å². The van der Waals surface area contributed by atoms with Crippen LogP contribution in [-0.4, -0.2) is 26.0 Å². The smallest absolute Gasteiger partial charge is 0.335 e. The van der Waals surface area contributed by atoms with E-state index in [0.29, 0.717) is 23.0 Å². The van der Waals surface area contributed by atoms with Crippen LogP contribution in [0.1, 0.15) is 23.2 Å². The van der Waals surface area contributed by atoms with Crippen molar-refractivity contribution in [2.45, 2.75) is 27.5 Å². The highest BCUT2D eigenvalue weighted by Gasteiger charge is 2.25. The molecule has 0 heterocycles. The van der Waals surface area contributed by atoms with E-state index in [-0.39, 0.29) is 10.5 Å². The van der Waals surface area contributed by atoms with Gasteiger partial charge in [0.15, 0.2) is 0 Å². The second-order valence-electron chi connectivity index (χ2n) is 5.94. The third-order valence-corrected chi connectivity index (χ3v) is 6.07. The van der Waals surface area contributed by atoms with Gasteiger partial charge in [-0.15, -0.1) is 0 Å². The highest BCUT2D eigenvalue weighted by Crippen LogP contribution is 2.40. The van der Waals surface area contributed by atoms with Crippen LogP contribution in [0.25, 0.3) is 0 Å². The number of benzene rings is 2. The predicted molar refractivity (Wildman–Crippen MR) is 96.6 cm³/mol. The molecule has 2 aromatic carbocycles. The normalized spacial score (nSPS) is 14.3. The lowest BCUT2D eigenvalue weighted by molar-refractivity contribution is 0.0696. The van der Waals surface area contributed by atoms with Gasteiger partial charge in [-0.25, -0.2) is 18.4 Å². The molecule has 8 heteroatoms. The van der Waals surface area contributed by atoms with Crippen LogP contribution in [0.4, 0.5) is 5.69 Å². The molecule has 1 aliphatic rings. The van der Waals surface area contributed by atoms with Crippen molar-refractivity contribution in [3.8, 4) is 0 Å². The molecule has 6 nitrogen and oxygen atoms in total. The summed E-state index contributed by atoms with van der Waals surface area (Å²) in [6.07, 6.45) is 2.24. The summed E-state index contributed by atoms with van der Waals surface area (Å²) in [4.78, 5) is 12.5. The first kappa shape index (κ1) is 17.8. The van der Waals surface area contributed by atoms with Crippen molar-refractivity contribution in [2.75, 3.05) is 11.9 Å². The minimum atomic E-state index is -4.08. The first-order valence-corrected chi connectivity index (χ1v) is 10.1. The second kappa shape index (κ2) is 7.07. The van der Waals surface area contributed by atoms with Gasteiger partial charge in [0.2, 0.25) is 10.0 Å². The lowest BCUT2D eigenvalue weighted by Gasteiger charge is -2.16. The molecule has 0 bridgehead atoms. The SMILES string of the molecule is NS(=O)(=O)c1cc(C(=O)O)cc(NCC2CC2)c1Sc1ccccc1. The van der Waals surface area contributed by atoms with E-state index in [9.17, 15) is 18.3 Å². The lowest BCUT2D eigenvalue weighted by atomic mass is 10.2. The van der Waals surface area contributed by atoms with E-state index in [1.807, 2.05) is 30.3 Å². The number of primary sulfonamides is 1. The molecule has 3 rings (SSSR count). The van der Waals surface area contributed by atoms with E-state index in [1.54, 1.807) is 0 Å². The van der Waals surface area contributed by atoms with E-state index in [0.717, 1.165) is 23.8 Å². The molecule has 132 valence electrons. The number of sulfonamides is 1. The largest absolute Gasteiger partial charge is 0.478 e. The zero-order chi connectivity index (χ0) is 18.0. The summed E-state index contributed by atoms with van der Waals surface area (Å²) in [6.45, 7) is 0.676. The third kappa shape index (κ3) is 4.53. The highest BCUT2D eigenvalue weighted by molar-refractivity contribution is 8.00. The molecule has 0 radical (unpaired) electrons. The van der Waals surface area contributed by atoms with Crippen molar-refractivity contribution in [1.82, 2.24) is 0 Å². The highest BCUT2D eigenvalue weighted by atomic mass is 32.2. The number of carbonyl (C=O) groups is 1. The zero-order valence-corrected chi connectivity index (χ0v) is 14.9. The summed E-state index contributed by atoms with van der Waals surface area (Å²) in [5, 5.41) is 17.9. The Morgan fingerprint density at radius 2 is 1.92 bits per heavy atom. The summed E-state index contributed by atoms with van der Waals surface area (Å²) in [5.74, 6) is -0.656. The van der Waals surface area contributed by atoms with Gasteiger partial charge in [-0.05, 0) is 43.0 Å². The Hall–Kier alpha value is -2.03. The number of hydrogen-bond acceptors (Lipinski definition) is 5. The van der Waals surface area contributed by atoms with Gasteiger partial charge in [0.1, 0.15) is 0 Å². The molecule has 0 spiro atoms. The fourth-order valence-electron chi connectivity index (χ4n) is 2.36. The van der Waals surface area contributed by atoms with Crippen LogP contribution in [0.2, 0.25) is 0 Å².